The van der Waals surface area contributed by atoms with Gasteiger partial charge in [-0.25, -0.2) is 9.18 Å². The molecule has 0 spiro atoms. The molecule has 0 aliphatic carbocycles. The van der Waals surface area contributed by atoms with Crippen molar-refractivity contribution in [2.75, 3.05) is 29.9 Å². The Bertz CT molecular complexity index is 1240. The maximum absolute atomic E-state index is 13.3. The number of anilines is 2. The molecular weight excluding hydrogens is 439 g/mol. The van der Waals surface area contributed by atoms with Crippen molar-refractivity contribution >= 4 is 23.4 Å². The Labute approximate surface area is 196 Å². The summed E-state index contributed by atoms with van der Waals surface area (Å²) in [5.74, 6) is -0.730. The molecule has 1 aliphatic heterocycles. The highest BCUT2D eigenvalue weighted by Gasteiger charge is 2.27. The zero-order valence-corrected chi connectivity index (χ0v) is 18.7. The molecule has 1 aromatic heterocycles. The number of hydrogen-bond donors (Lipinski definition) is 1. The van der Waals surface area contributed by atoms with Gasteiger partial charge in [0.15, 0.2) is 0 Å². The zero-order valence-electron chi connectivity index (χ0n) is 18.7. The van der Waals surface area contributed by atoms with E-state index in [0.717, 1.165) is 6.42 Å². The third-order valence-corrected chi connectivity index (χ3v) is 5.61. The topological polar surface area (TPSA) is 93.5 Å². The summed E-state index contributed by atoms with van der Waals surface area (Å²) in [7, 11) is 0. The Kier molecular flexibility index (Phi) is 7.01. The molecule has 0 bridgehead atoms. The number of esters is 1. The summed E-state index contributed by atoms with van der Waals surface area (Å²) >= 11 is 0. The highest BCUT2D eigenvalue weighted by molar-refractivity contribution is 5.95. The van der Waals surface area contributed by atoms with Gasteiger partial charge in [0.05, 0.1) is 23.8 Å². The van der Waals surface area contributed by atoms with E-state index in [2.05, 4.69) is 10.4 Å². The molecule has 3 aromatic rings. The standard InChI is InChI=1S/C25H25FN4O4/c1-2-34-25(33)17-5-3-7-20(15-17)27-24(32)18-6-4-14-29(16-18)22-12-13-23(31)30(28-22)21-10-8-19(26)9-11-21/h3,5,7-13,15,18H,2,4,6,14,16H2,1H3,(H,27,32)/t18-/m0/s1. The molecule has 8 nitrogen and oxygen atoms in total. The molecule has 4 rings (SSSR count). The number of aromatic nitrogens is 2. The third kappa shape index (κ3) is 5.31. The van der Waals surface area contributed by atoms with Gasteiger partial charge in [0.1, 0.15) is 11.6 Å². The Morgan fingerprint density at radius 1 is 1.15 bits per heavy atom. The number of hydrogen-bond acceptors (Lipinski definition) is 6. The highest BCUT2D eigenvalue weighted by Crippen LogP contribution is 2.23. The molecule has 1 saturated heterocycles. The second-order valence-electron chi connectivity index (χ2n) is 7.99. The van der Waals surface area contributed by atoms with Crippen LogP contribution in [-0.4, -0.2) is 41.4 Å². The van der Waals surface area contributed by atoms with Gasteiger partial charge in [-0.1, -0.05) is 6.07 Å². The number of nitrogens with one attached hydrogen (secondary N) is 1. The lowest BCUT2D eigenvalue weighted by molar-refractivity contribution is -0.120. The number of nitrogens with zero attached hydrogens (tertiary/aromatic N) is 3. The number of halogens is 1. The molecule has 1 fully saturated rings. The van der Waals surface area contributed by atoms with Crippen molar-refractivity contribution in [1.82, 2.24) is 9.78 Å². The van der Waals surface area contributed by atoms with E-state index in [-0.39, 0.29) is 24.0 Å². The normalized spacial score (nSPS) is 15.6. The molecule has 2 heterocycles. The van der Waals surface area contributed by atoms with Crippen molar-refractivity contribution in [2.45, 2.75) is 19.8 Å². The van der Waals surface area contributed by atoms with Crippen molar-refractivity contribution < 1.29 is 18.7 Å². The summed E-state index contributed by atoms with van der Waals surface area (Å²) in [4.78, 5) is 39.2. The largest absolute Gasteiger partial charge is 0.462 e. The highest BCUT2D eigenvalue weighted by atomic mass is 19.1. The third-order valence-electron chi connectivity index (χ3n) is 5.61. The van der Waals surface area contributed by atoms with Crippen molar-refractivity contribution in [3.05, 3.63) is 82.4 Å². The van der Waals surface area contributed by atoms with Gasteiger partial charge < -0.3 is 15.0 Å². The smallest absolute Gasteiger partial charge is 0.338 e. The van der Waals surface area contributed by atoms with E-state index in [0.29, 0.717) is 42.3 Å². The van der Waals surface area contributed by atoms with E-state index in [1.807, 2.05) is 4.90 Å². The Morgan fingerprint density at radius 3 is 2.71 bits per heavy atom. The van der Waals surface area contributed by atoms with Crippen LogP contribution < -0.4 is 15.8 Å². The van der Waals surface area contributed by atoms with Crippen LogP contribution in [0.1, 0.15) is 30.1 Å². The fourth-order valence-electron chi connectivity index (χ4n) is 3.92. The van der Waals surface area contributed by atoms with E-state index in [1.165, 1.54) is 35.0 Å². The minimum absolute atomic E-state index is 0.155. The van der Waals surface area contributed by atoms with Crippen LogP contribution in [0, 0.1) is 11.7 Å². The van der Waals surface area contributed by atoms with Gasteiger partial charge in [0.2, 0.25) is 5.91 Å². The van der Waals surface area contributed by atoms with E-state index in [9.17, 15) is 18.8 Å². The lowest BCUT2D eigenvalue weighted by Gasteiger charge is -2.33. The number of piperidine rings is 1. The number of carbonyl (C=O) groups excluding carboxylic acids is 2. The van der Waals surface area contributed by atoms with E-state index < -0.39 is 11.8 Å². The van der Waals surface area contributed by atoms with Crippen LogP contribution >= 0.6 is 0 Å². The predicted molar refractivity (Wildman–Crippen MR) is 126 cm³/mol. The summed E-state index contributed by atoms with van der Waals surface area (Å²) in [6, 6.07) is 15.2. The van der Waals surface area contributed by atoms with Gasteiger partial charge >= 0.3 is 5.97 Å². The Morgan fingerprint density at radius 2 is 1.94 bits per heavy atom. The van der Waals surface area contributed by atoms with Crippen molar-refractivity contribution in [3.8, 4) is 5.69 Å². The lowest BCUT2D eigenvalue weighted by Crippen LogP contribution is -2.41. The number of amides is 1. The van der Waals surface area contributed by atoms with Crippen LogP contribution in [-0.2, 0) is 9.53 Å². The Balaban J connectivity index is 1.47. The van der Waals surface area contributed by atoms with Gasteiger partial charge in [-0.3, -0.25) is 9.59 Å². The molecule has 34 heavy (non-hydrogen) atoms. The first-order valence-electron chi connectivity index (χ1n) is 11.1. The number of carbonyl (C=O) groups is 2. The molecule has 9 heteroatoms. The van der Waals surface area contributed by atoms with Gasteiger partial charge in [-0.15, -0.1) is 5.10 Å². The van der Waals surface area contributed by atoms with Crippen LogP contribution in [0.4, 0.5) is 15.9 Å². The summed E-state index contributed by atoms with van der Waals surface area (Å²) in [6.07, 6.45) is 1.48. The molecule has 1 atom stereocenters. The fraction of sp³-hybridized carbons (Fsp3) is 0.280. The van der Waals surface area contributed by atoms with Crippen LogP contribution in [0.5, 0.6) is 0 Å². The van der Waals surface area contributed by atoms with Crippen molar-refractivity contribution in [3.63, 3.8) is 0 Å². The first kappa shape index (κ1) is 23.2. The SMILES string of the molecule is CCOC(=O)c1cccc(NC(=O)[C@H]2CCCN(c3ccc(=O)n(-c4ccc(F)cc4)n3)C2)c1. The molecule has 1 aliphatic rings. The summed E-state index contributed by atoms with van der Waals surface area (Å²) in [5, 5.41) is 7.33. The first-order valence-corrected chi connectivity index (χ1v) is 11.1. The summed E-state index contributed by atoms with van der Waals surface area (Å²) in [5.41, 5.74) is 1.03. The first-order chi connectivity index (χ1) is 16.4. The molecule has 1 amide bonds. The van der Waals surface area contributed by atoms with Gasteiger partial charge in [-0.05, 0) is 68.3 Å². The van der Waals surface area contributed by atoms with Crippen LogP contribution in [0.2, 0.25) is 0 Å². The molecule has 2 aromatic carbocycles. The zero-order chi connectivity index (χ0) is 24.1. The monoisotopic (exact) mass is 464 g/mol. The average Bonchev–Trinajstić information content (AvgIpc) is 2.85. The predicted octanol–water partition coefficient (Wildman–Crippen LogP) is 3.40. The number of ether oxygens (including phenoxy) is 1. The summed E-state index contributed by atoms with van der Waals surface area (Å²) in [6.45, 7) is 3.13. The van der Waals surface area contributed by atoms with Crippen molar-refractivity contribution in [2.24, 2.45) is 5.92 Å². The molecular formula is C25H25FN4O4. The van der Waals surface area contributed by atoms with Crippen LogP contribution in [0.3, 0.4) is 0 Å². The number of rotatable bonds is 6. The minimum atomic E-state index is -0.440. The van der Waals surface area contributed by atoms with Crippen molar-refractivity contribution in [1.29, 1.82) is 0 Å². The maximum atomic E-state index is 13.3. The lowest BCUT2D eigenvalue weighted by atomic mass is 9.97. The van der Waals surface area contributed by atoms with E-state index >= 15 is 0 Å². The Hall–Kier alpha value is -4.01. The number of benzene rings is 2. The quantitative estimate of drug-likeness (QED) is 0.562. The maximum Gasteiger partial charge on any atom is 0.338 e. The summed E-state index contributed by atoms with van der Waals surface area (Å²) < 4.78 is 19.5. The van der Waals surface area contributed by atoms with Crippen LogP contribution in [0.25, 0.3) is 5.69 Å². The minimum Gasteiger partial charge on any atom is -0.462 e. The molecule has 0 unspecified atom stereocenters. The van der Waals surface area contributed by atoms with Gasteiger partial charge in [-0.2, -0.15) is 4.68 Å². The van der Waals surface area contributed by atoms with Gasteiger partial charge in [0.25, 0.3) is 5.56 Å². The van der Waals surface area contributed by atoms with Gasteiger partial charge in [0, 0.05) is 24.8 Å². The molecule has 1 N–H and O–H groups in total. The molecule has 0 saturated carbocycles. The second-order valence-corrected chi connectivity index (χ2v) is 7.99. The second kappa shape index (κ2) is 10.3. The fourth-order valence-corrected chi connectivity index (χ4v) is 3.92. The van der Waals surface area contributed by atoms with E-state index in [4.69, 9.17) is 4.74 Å². The molecule has 176 valence electrons. The molecule has 0 radical (unpaired) electrons. The van der Waals surface area contributed by atoms with Crippen LogP contribution in [0.15, 0.2) is 65.5 Å². The van der Waals surface area contributed by atoms with E-state index in [1.54, 1.807) is 37.3 Å². The average molecular weight is 464 g/mol.